The lowest BCUT2D eigenvalue weighted by Crippen LogP contribution is -2.24. The molecule has 2 aliphatic heterocycles. The highest BCUT2D eigenvalue weighted by molar-refractivity contribution is 6.30. The van der Waals surface area contributed by atoms with Gasteiger partial charge in [0.15, 0.2) is 5.82 Å². The first-order valence-corrected chi connectivity index (χ1v) is 13.3. The van der Waals surface area contributed by atoms with Crippen LogP contribution < -0.4 is 24.7 Å². The van der Waals surface area contributed by atoms with Crippen LogP contribution in [-0.2, 0) is 0 Å². The molecule has 1 aromatic heterocycles. The molecule has 0 aliphatic carbocycles. The van der Waals surface area contributed by atoms with Gasteiger partial charge in [0.2, 0.25) is 5.95 Å². The summed E-state index contributed by atoms with van der Waals surface area (Å²) in [5.41, 5.74) is 5.03. The lowest BCUT2D eigenvalue weighted by Gasteiger charge is -2.21. The second-order valence-electron chi connectivity index (χ2n) is 9.37. The summed E-state index contributed by atoms with van der Waals surface area (Å²) in [6.45, 7) is 6.89. The lowest BCUT2D eigenvalue weighted by molar-refractivity contribution is 0.217. The van der Waals surface area contributed by atoms with Gasteiger partial charge in [-0.3, -0.25) is 5.43 Å². The van der Waals surface area contributed by atoms with E-state index in [-0.39, 0.29) is 0 Å². The van der Waals surface area contributed by atoms with Crippen molar-refractivity contribution in [3.8, 4) is 11.5 Å². The molecule has 0 radical (unpaired) electrons. The van der Waals surface area contributed by atoms with Crippen molar-refractivity contribution in [3.05, 3.63) is 64.7 Å². The van der Waals surface area contributed by atoms with Gasteiger partial charge >= 0.3 is 0 Å². The molecule has 2 aliphatic rings. The summed E-state index contributed by atoms with van der Waals surface area (Å²) in [7, 11) is 0. The monoisotopic (exact) mass is 520 g/mol. The van der Waals surface area contributed by atoms with Gasteiger partial charge in [0.05, 0.1) is 6.21 Å². The topological polar surface area (TPSA) is 75.1 Å². The van der Waals surface area contributed by atoms with E-state index in [0.717, 1.165) is 54.8 Å². The molecule has 0 atom stereocenters. The highest BCUT2D eigenvalue weighted by Gasteiger charge is 2.20. The molecule has 2 fully saturated rings. The van der Waals surface area contributed by atoms with E-state index in [2.05, 4.69) is 20.3 Å². The molecule has 0 amide bonds. The average Bonchev–Trinajstić information content (AvgIpc) is 3.63. The zero-order chi connectivity index (χ0) is 25.5. The van der Waals surface area contributed by atoms with Crippen LogP contribution >= 0.6 is 11.6 Å². The predicted octanol–water partition coefficient (Wildman–Crippen LogP) is 5.54. The Morgan fingerprint density at radius 2 is 1.68 bits per heavy atom. The highest BCUT2D eigenvalue weighted by Crippen LogP contribution is 2.26. The van der Waals surface area contributed by atoms with Gasteiger partial charge in [0.25, 0.3) is 0 Å². The molecule has 8 nitrogen and oxygen atoms in total. The van der Waals surface area contributed by atoms with Crippen LogP contribution in [0.3, 0.4) is 0 Å². The van der Waals surface area contributed by atoms with E-state index >= 15 is 0 Å². The SMILES string of the molecule is Cc1cccc(OCCOc2ccc(Cl)cc2C=NNc2cc(N3CCCC3)nc(N3CCCC3)n2)c1. The number of hydrogen-bond acceptors (Lipinski definition) is 8. The van der Waals surface area contributed by atoms with Crippen LogP contribution in [0.4, 0.5) is 17.6 Å². The van der Waals surface area contributed by atoms with Crippen molar-refractivity contribution >= 4 is 35.4 Å². The Balaban J connectivity index is 1.25. The van der Waals surface area contributed by atoms with Crippen LogP contribution in [0.25, 0.3) is 0 Å². The summed E-state index contributed by atoms with van der Waals surface area (Å²) in [4.78, 5) is 14.2. The first kappa shape index (κ1) is 25.1. The molecule has 5 rings (SSSR count). The maximum absolute atomic E-state index is 6.26. The maximum Gasteiger partial charge on any atom is 0.229 e. The molecule has 0 saturated carbocycles. The Morgan fingerprint density at radius 1 is 0.919 bits per heavy atom. The van der Waals surface area contributed by atoms with Crippen molar-refractivity contribution < 1.29 is 9.47 Å². The molecule has 1 N–H and O–H groups in total. The number of hydrazone groups is 1. The van der Waals surface area contributed by atoms with Gasteiger partial charge in [-0.15, -0.1) is 0 Å². The quantitative estimate of drug-likeness (QED) is 0.213. The number of nitrogens with zero attached hydrogens (tertiary/aromatic N) is 5. The highest BCUT2D eigenvalue weighted by atomic mass is 35.5. The van der Waals surface area contributed by atoms with E-state index in [9.17, 15) is 0 Å². The Kier molecular flexibility index (Phi) is 8.25. The number of aryl methyl sites for hydroxylation is 1. The molecule has 3 aromatic rings. The Labute approximate surface area is 223 Å². The summed E-state index contributed by atoms with van der Waals surface area (Å²) >= 11 is 6.26. The van der Waals surface area contributed by atoms with Crippen molar-refractivity contribution in [2.75, 3.05) is 54.6 Å². The van der Waals surface area contributed by atoms with Crippen LogP contribution in [0.1, 0.15) is 36.8 Å². The number of rotatable bonds is 10. The standard InChI is InChI=1S/C28H33ClN6O2/c1-21-7-6-8-24(17-21)36-15-16-37-25-10-9-23(29)18-22(25)20-30-33-26-19-27(34-11-2-3-12-34)32-28(31-26)35-13-4-5-14-35/h6-10,17-20H,2-5,11-16H2,1H3,(H,31,32,33). The van der Waals surface area contributed by atoms with E-state index in [0.29, 0.717) is 29.8 Å². The summed E-state index contributed by atoms with van der Waals surface area (Å²) < 4.78 is 11.8. The molecular formula is C28H33ClN6O2. The second-order valence-corrected chi connectivity index (χ2v) is 9.80. The van der Waals surface area contributed by atoms with Crippen molar-refractivity contribution in [2.45, 2.75) is 32.6 Å². The fourth-order valence-electron chi connectivity index (χ4n) is 4.58. The average molecular weight is 521 g/mol. The van der Waals surface area contributed by atoms with E-state index in [4.69, 9.17) is 31.0 Å². The Hall–Kier alpha value is -3.52. The Morgan fingerprint density at radius 3 is 2.46 bits per heavy atom. The van der Waals surface area contributed by atoms with Crippen LogP contribution in [0.2, 0.25) is 5.02 Å². The smallest absolute Gasteiger partial charge is 0.229 e. The second kappa shape index (κ2) is 12.1. The first-order chi connectivity index (χ1) is 18.1. The van der Waals surface area contributed by atoms with Gasteiger partial charge in [-0.25, -0.2) is 0 Å². The van der Waals surface area contributed by atoms with E-state index in [1.54, 1.807) is 12.3 Å². The largest absolute Gasteiger partial charge is 0.490 e. The summed E-state index contributed by atoms with van der Waals surface area (Å²) in [5, 5.41) is 5.07. The molecule has 3 heterocycles. The third-order valence-electron chi connectivity index (χ3n) is 6.47. The van der Waals surface area contributed by atoms with Crippen molar-refractivity contribution in [2.24, 2.45) is 5.10 Å². The number of hydrogen-bond donors (Lipinski definition) is 1. The molecule has 0 spiro atoms. The number of nitrogens with one attached hydrogen (secondary N) is 1. The van der Waals surface area contributed by atoms with E-state index < -0.39 is 0 Å². The van der Waals surface area contributed by atoms with Crippen LogP contribution in [0.15, 0.2) is 53.6 Å². The summed E-state index contributed by atoms with van der Waals surface area (Å²) in [6.07, 6.45) is 6.43. The Bertz CT molecular complexity index is 1190. The molecule has 2 saturated heterocycles. The number of halogens is 1. The summed E-state index contributed by atoms with van der Waals surface area (Å²) in [6, 6.07) is 15.4. The fraction of sp³-hybridized carbons (Fsp3) is 0.393. The molecule has 0 bridgehead atoms. The number of aromatic nitrogens is 2. The minimum absolute atomic E-state index is 0.397. The minimum atomic E-state index is 0.397. The number of benzene rings is 2. The van der Waals surface area contributed by atoms with Crippen molar-refractivity contribution in [1.29, 1.82) is 0 Å². The number of ether oxygens (including phenoxy) is 2. The van der Waals surface area contributed by atoms with Gasteiger partial charge in [0, 0.05) is 42.8 Å². The predicted molar refractivity (Wildman–Crippen MR) is 150 cm³/mol. The normalized spacial score (nSPS) is 15.5. The molecule has 2 aromatic carbocycles. The van der Waals surface area contributed by atoms with E-state index in [1.165, 1.54) is 25.7 Å². The van der Waals surface area contributed by atoms with Gasteiger partial charge in [-0.05, 0) is 68.5 Å². The number of anilines is 3. The summed E-state index contributed by atoms with van der Waals surface area (Å²) in [5.74, 6) is 3.90. The van der Waals surface area contributed by atoms with Gasteiger partial charge in [0.1, 0.15) is 30.5 Å². The fourth-order valence-corrected chi connectivity index (χ4v) is 4.76. The third-order valence-corrected chi connectivity index (χ3v) is 6.71. The maximum atomic E-state index is 6.26. The molecule has 9 heteroatoms. The van der Waals surface area contributed by atoms with Crippen molar-refractivity contribution in [3.63, 3.8) is 0 Å². The lowest BCUT2D eigenvalue weighted by atomic mass is 10.2. The zero-order valence-electron chi connectivity index (χ0n) is 21.2. The van der Waals surface area contributed by atoms with Crippen LogP contribution in [0.5, 0.6) is 11.5 Å². The van der Waals surface area contributed by atoms with Gasteiger partial charge in [-0.2, -0.15) is 15.1 Å². The molecular weight excluding hydrogens is 488 g/mol. The van der Waals surface area contributed by atoms with Gasteiger partial charge in [-0.1, -0.05) is 23.7 Å². The van der Waals surface area contributed by atoms with E-state index in [1.807, 2.05) is 49.4 Å². The van der Waals surface area contributed by atoms with Crippen molar-refractivity contribution in [1.82, 2.24) is 9.97 Å². The van der Waals surface area contributed by atoms with Crippen LogP contribution in [0, 0.1) is 6.92 Å². The molecule has 0 unspecified atom stereocenters. The third kappa shape index (κ3) is 6.83. The first-order valence-electron chi connectivity index (χ1n) is 12.9. The minimum Gasteiger partial charge on any atom is -0.490 e. The molecule has 37 heavy (non-hydrogen) atoms. The zero-order valence-corrected chi connectivity index (χ0v) is 22.0. The van der Waals surface area contributed by atoms with Gasteiger partial charge < -0.3 is 19.3 Å². The molecule has 194 valence electrons. The van der Waals surface area contributed by atoms with Crippen LogP contribution in [-0.4, -0.2) is 55.6 Å².